The second-order valence-electron chi connectivity index (χ2n) is 8.13. The van der Waals surface area contributed by atoms with Crippen LogP contribution in [0.25, 0.3) is 10.7 Å². The van der Waals surface area contributed by atoms with Crippen LogP contribution in [0.15, 0.2) is 41.4 Å². The predicted molar refractivity (Wildman–Crippen MR) is 128 cm³/mol. The lowest BCUT2D eigenvalue weighted by molar-refractivity contribution is 0.0728. The molecule has 0 radical (unpaired) electrons. The number of hydrogen-bond acceptors (Lipinski definition) is 6. The van der Waals surface area contributed by atoms with E-state index < -0.39 is 10.0 Å². The van der Waals surface area contributed by atoms with Gasteiger partial charge < -0.3 is 14.2 Å². The topological polar surface area (TPSA) is 93.5 Å². The van der Waals surface area contributed by atoms with Gasteiger partial charge >= 0.3 is 0 Å². The zero-order valence-electron chi connectivity index (χ0n) is 19.0. The Hall–Kier alpha value is -2.69. The summed E-state index contributed by atoms with van der Waals surface area (Å²) >= 11 is 1.31. The maximum absolute atomic E-state index is 13.0. The lowest BCUT2D eigenvalue weighted by Gasteiger charge is -2.26. The molecule has 0 atom stereocenters. The van der Waals surface area contributed by atoms with Gasteiger partial charge in [-0.05, 0) is 49.9 Å². The molecule has 33 heavy (non-hydrogen) atoms. The number of methoxy groups -OCH3 is 1. The van der Waals surface area contributed by atoms with E-state index in [0.29, 0.717) is 27.0 Å². The van der Waals surface area contributed by atoms with Crippen LogP contribution < -0.4 is 9.46 Å². The summed E-state index contributed by atoms with van der Waals surface area (Å²) in [6, 6.07) is 8.85. The number of ether oxygens (including phenoxy) is 1. The van der Waals surface area contributed by atoms with Crippen LogP contribution in [0.5, 0.6) is 5.75 Å². The highest BCUT2D eigenvalue weighted by atomic mass is 32.2. The van der Waals surface area contributed by atoms with Crippen molar-refractivity contribution in [2.24, 2.45) is 7.05 Å². The Morgan fingerprint density at radius 1 is 1.21 bits per heavy atom. The number of amides is 1. The Bertz CT molecular complexity index is 1260. The van der Waals surface area contributed by atoms with Gasteiger partial charge in [0.05, 0.1) is 18.5 Å². The summed E-state index contributed by atoms with van der Waals surface area (Å²) < 4.78 is 35.4. The minimum absolute atomic E-state index is 0.0120. The van der Waals surface area contributed by atoms with Crippen LogP contribution in [-0.2, 0) is 23.6 Å². The van der Waals surface area contributed by atoms with Gasteiger partial charge in [-0.1, -0.05) is 12.1 Å². The fourth-order valence-electron chi connectivity index (χ4n) is 3.88. The monoisotopic (exact) mass is 488 g/mol. The number of carbonyl (C=O) groups excluding carboxylic acids is 1. The molecular weight excluding hydrogens is 460 g/mol. The van der Waals surface area contributed by atoms with Gasteiger partial charge in [0.25, 0.3) is 5.91 Å². The second kappa shape index (κ2) is 9.66. The fourth-order valence-corrected chi connectivity index (χ4v) is 6.06. The maximum Gasteiger partial charge on any atom is 0.265 e. The van der Waals surface area contributed by atoms with E-state index in [9.17, 15) is 13.2 Å². The van der Waals surface area contributed by atoms with Crippen molar-refractivity contribution in [1.29, 1.82) is 0 Å². The van der Waals surface area contributed by atoms with Gasteiger partial charge in [-0.15, -0.1) is 11.3 Å². The number of sulfonamides is 1. The number of nitrogens with one attached hydrogen (secondary N) is 1. The van der Waals surface area contributed by atoms with Gasteiger partial charge in [0.2, 0.25) is 10.0 Å². The van der Waals surface area contributed by atoms with E-state index in [0.717, 1.165) is 37.9 Å². The summed E-state index contributed by atoms with van der Waals surface area (Å²) in [4.78, 5) is 20.2. The molecular formula is C23H28N4O4S2. The molecule has 1 aliphatic heterocycles. The average Bonchev–Trinajstić information content (AvgIpc) is 3.41. The van der Waals surface area contributed by atoms with Gasteiger partial charge in [0.15, 0.2) is 0 Å². The molecule has 3 heterocycles. The molecule has 0 saturated carbocycles. The lowest BCUT2D eigenvalue weighted by Crippen LogP contribution is -2.35. The van der Waals surface area contributed by atoms with Crippen LogP contribution in [0.1, 0.15) is 40.2 Å². The van der Waals surface area contributed by atoms with Gasteiger partial charge in [-0.2, -0.15) is 0 Å². The molecule has 0 spiro atoms. The molecule has 8 nitrogen and oxygen atoms in total. The Morgan fingerprint density at radius 2 is 1.97 bits per heavy atom. The van der Waals surface area contributed by atoms with Crippen molar-refractivity contribution < 1.29 is 17.9 Å². The smallest absolute Gasteiger partial charge is 0.265 e. The van der Waals surface area contributed by atoms with Crippen LogP contribution in [-0.4, -0.2) is 49.0 Å². The third-order valence-electron chi connectivity index (χ3n) is 5.74. The number of aromatic nitrogens is 2. The van der Waals surface area contributed by atoms with Gasteiger partial charge in [-0.25, -0.2) is 18.1 Å². The first-order valence-corrected chi connectivity index (χ1v) is 13.1. The summed E-state index contributed by atoms with van der Waals surface area (Å²) in [5, 5.41) is 0.629. The summed E-state index contributed by atoms with van der Waals surface area (Å²) in [6.07, 6.45) is 4.77. The molecule has 1 aromatic carbocycles. The van der Waals surface area contributed by atoms with Gasteiger partial charge in [-0.3, -0.25) is 4.79 Å². The molecule has 2 aromatic heterocycles. The van der Waals surface area contributed by atoms with E-state index >= 15 is 0 Å². The normalized spacial score (nSPS) is 14.5. The van der Waals surface area contributed by atoms with Crippen molar-refractivity contribution in [2.75, 3.05) is 20.2 Å². The van der Waals surface area contributed by atoms with E-state index in [2.05, 4.69) is 9.71 Å². The van der Waals surface area contributed by atoms with E-state index in [1.54, 1.807) is 37.1 Å². The van der Waals surface area contributed by atoms with E-state index in [4.69, 9.17) is 4.74 Å². The van der Waals surface area contributed by atoms with E-state index in [-0.39, 0.29) is 17.3 Å². The standard InChI is InChI=1S/C23H28N4O4S2/c1-16-21(23(28)27-10-5-4-6-11-27)32-22(25-16)20-13-19(15-26(20)2)33(29,30)24-14-17-8-7-9-18(12-17)31-3/h7-9,12-13,15,24H,4-6,10-11,14H2,1-3H3. The molecule has 176 valence electrons. The summed E-state index contributed by atoms with van der Waals surface area (Å²) in [7, 11) is -0.387. The number of likely N-dealkylation sites (tertiary alicyclic amines) is 1. The Labute approximate surface area is 198 Å². The number of benzene rings is 1. The number of nitrogens with zero attached hydrogens (tertiary/aromatic N) is 3. The fraction of sp³-hybridized carbons (Fsp3) is 0.391. The first kappa shape index (κ1) is 23.5. The highest BCUT2D eigenvalue weighted by Gasteiger charge is 2.25. The van der Waals surface area contributed by atoms with Crippen molar-refractivity contribution in [2.45, 2.75) is 37.6 Å². The van der Waals surface area contributed by atoms with Crippen molar-refractivity contribution in [3.8, 4) is 16.5 Å². The average molecular weight is 489 g/mol. The molecule has 1 fully saturated rings. The molecule has 1 N–H and O–H groups in total. The summed E-state index contributed by atoms with van der Waals surface area (Å²) in [5.74, 6) is 0.681. The van der Waals surface area contributed by atoms with Crippen LogP contribution in [0, 0.1) is 6.92 Å². The zero-order valence-corrected chi connectivity index (χ0v) is 20.6. The van der Waals surface area contributed by atoms with Crippen molar-refractivity contribution >= 4 is 27.3 Å². The molecule has 3 aromatic rings. The first-order chi connectivity index (χ1) is 15.8. The first-order valence-electron chi connectivity index (χ1n) is 10.8. The van der Waals surface area contributed by atoms with Crippen molar-refractivity contribution in [3.63, 3.8) is 0 Å². The third-order valence-corrected chi connectivity index (χ3v) is 8.28. The largest absolute Gasteiger partial charge is 0.497 e. The van der Waals surface area contributed by atoms with Crippen LogP contribution in [0.4, 0.5) is 0 Å². The second-order valence-corrected chi connectivity index (χ2v) is 10.9. The molecule has 10 heteroatoms. The van der Waals surface area contributed by atoms with E-state index in [1.807, 2.05) is 30.0 Å². The molecule has 0 aliphatic carbocycles. The lowest BCUT2D eigenvalue weighted by atomic mass is 10.1. The van der Waals surface area contributed by atoms with E-state index in [1.165, 1.54) is 11.3 Å². The molecule has 0 bridgehead atoms. The third kappa shape index (κ3) is 5.13. The molecule has 1 amide bonds. The maximum atomic E-state index is 13.0. The SMILES string of the molecule is COc1cccc(CNS(=O)(=O)c2cc(-c3nc(C)c(C(=O)N4CCCCC4)s3)n(C)c2)c1. The summed E-state index contributed by atoms with van der Waals surface area (Å²) in [6.45, 7) is 3.52. The number of hydrogen-bond donors (Lipinski definition) is 1. The highest BCUT2D eigenvalue weighted by molar-refractivity contribution is 7.89. The van der Waals surface area contributed by atoms with Crippen molar-refractivity contribution in [1.82, 2.24) is 19.2 Å². The Morgan fingerprint density at radius 3 is 2.70 bits per heavy atom. The predicted octanol–water partition coefficient (Wildman–Crippen LogP) is 3.57. The van der Waals surface area contributed by atoms with Crippen LogP contribution in [0.3, 0.4) is 0 Å². The molecule has 0 unspecified atom stereocenters. The van der Waals surface area contributed by atoms with Crippen LogP contribution in [0.2, 0.25) is 0 Å². The Balaban J connectivity index is 1.53. The zero-order chi connectivity index (χ0) is 23.6. The molecule has 4 rings (SSSR count). The quantitative estimate of drug-likeness (QED) is 0.549. The minimum atomic E-state index is -3.73. The van der Waals surface area contributed by atoms with Gasteiger partial charge in [0.1, 0.15) is 20.5 Å². The molecule has 1 saturated heterocycles. The highest BCUT2D eigenvalue weighted by Crippen LogP contribution is 2.31. The van der Waals surface area contributed by atoms with Gasteiger partial charge in [0, 0.05) is 32.9 Å². The minimum Gasteiger partial charge on any atom is -0.497 e. The number of thiazole rings is 1. The Kier molecular flexibility index (Phi) is 6.87. The number of aryl methyl sites for hydroxylation is 2. The number of carbonyl (C=O) groups is 1. The molecule has 1 aliphatic rings. The van der Waals surface area contributed by atoms with Crippen LogP contribution >= 0.6 is 11.3 Å². The summed E-state index contributed by atoms with van der Waals surface area (Å²) in [5.41, 5.74) is 2.13. The number of rotatable bonds is 7. The number of piperidine rings is 1. The van der Waals surface area contributed by atoms with Crippen molar-refractivity contribution in [3.05, 3.63) is 52.7 Å².